The number of halogens is 2. The van der Waals surface area contributed by atoms with Crippen LogP contribution in [0.4, 0.5) is 15.8 Å². The van der Waals surface area contributed by atoms with Gasteiger partial charge < -0.3 is 10.6 Å². The van der Waals surface area contributed by atoms with E-state index in [4.69, 9.17) is 0 Å². The maximum absolute atomic E-state index is 13.7. The molecule has 0 aliphatic rings. The van der Waals surface area contributed by atoms with Crippen LogP contribution >= 0.6 is 15.9 Å². The Hall–Kier alpha value is -1.88. The zero-order chi connectivity index (χ0) is 15.4. The third kappa shape index (κ3) is 3.61. The summed E-state index contributed by atoms with van der Waals surface area (Å²) < 4.78 is 14.2. The first-order valence-corrected chi connectivity index (χ1v) is 7.42. The van der Waals surface area contributed by atoms with E-state index in [1.54, 1.807) is 24.3 Å². The molecule has 0 aliphatic heterocycles. The molecule has 2 aromatic rings. The molecular weight excluding hydrogens is 335 g/mol. The molecule has 0 aromatic heterocycles. The quantitative estimate of drug-likeness (QED) is 0.847. The minimum atomic E-state index is -0.473. The molecule has 2 N–H and O–H groups in total. The van der Waals surface area contributed by atoms with Gasteiger partial charge in [0, 0.05) is 22.3 Å². The van der Waals surface area contributed by atoms with Gasteiger partial charge in [-0.1, -0.05) is 6.07 Å². The number of hydrogen-bond acceptors (Lipinski definition) is 2. The molecule has 3 nitrogen and oxygen atoms in total. The van der Waals surface area contributed by atoms with Crippen LogP contribution in [0.3, 0.4) is 0 Å². The highest BCUT2D eigenvalue weighted by atomic mass is 79.9. The van der Waals surface area contributed by atoms with Crippen LogP contribution < -0.4 is 10.6 Å². The molecular formula is C16H16BrFN2O. The molecule has 1 amide bonds. The van der Waals surface area contributed by atoms with Crippen LogP contribution in [0.25, 0.3) is 0 Å². The van der Waals surface area contributed by atoms with Gasteiger partial charge >= 0.3 is 0 Å². The molecule has 0 spiro atoms. The largest absolute Gasteiger partial charge is 0.385 e. The van der Waals surface area contributed by atoms with Gasteiger partial charge in [-0.2, -0.15) is 0 Å². The third-order valence-electron chi connectivity index (χ3n) is 3.06. The summed E-state index contributed by atoms with van der Waals surface area (Å²) in [6.45, 7) is 4.75. The summed E-state index contributed by atoms with van der Waals surface area (Å²) in [5.41, 5.74) is 2.60. The molecule has 0 atom stereocenters. The van der Waals surface area contributed by atoms with E-state index < -0.39 is 5.82 Å². The van der Waals surface area contributed by atoms with Gasteiger partial charge in [0.1, 0.15) is 5.82 Å². The van der Waals surface area contributed by atoms with E-state index in [-0.39, 0.29) is 11.6 Å². The highest BCUT2D eigenvalue weighted by Crippen LogP contribution is 2.26. The van der Waals surface area contributed by atoms with Crippen LogP contribution in [0.2, 0.25) is 0 Å². The molecule has 0 heterocycles. The van der Waals surface area contributed by atoms with Crippen LogP contribution in [0.5, 0.6) is 0 Å². The number of para-hydroxylation sites is 1. The molecule has 2 aromatic carbocycles. The van der Waals surface area contributed by atoms with Crippen LogP contribution in [0, 0.1) is 12.7 Å². The number of anilines is 2. The summed E-state index contributed by atoms with van der Waals surface area (Å²) in [5.74, 6) is -0.814. The Kier molecular flexibility index (Phi) is 4.96. The summed E-state index contributed by atoms with van der Waals surface area (Å²) in [7, 11) is 0. The van der Waals surface area contributed by atoms with E-state index >= 15 is 0 Å². The Labute approximate surface area is 131 Å². The van der Waals surface area contributed by atoms with Crippen LogP contribution in [-0.4, -0.2) is 12.5 Å². The fourth-order valence-corrected chi connectivity index (χ4v) is 2.44. The standard InChI is InChI=1S/C16H16BrFN2O/c1-3-19-14-8-7-11(9-10(14)2)16(21)20-15-12(17)5-4-6-13(15)18/h4-9,19H,3H2,1-2H3,(H,20,21). The van der Waals surface area contributed by atoms with Crippen molar-refractivity contribution >= 4 is 33.2 Å². The third-order valence-corrected chi connectivity index (χ3v) is 3.72. The first-order chi connectivity index (χ1) is 10.0. The predicted octanol–water partition coefficient (Wildman–Crippen LogP) is 4.58. The lowest BCUT2D eigenvalue weighted by atomic mass is 10.1. The summed E-state index contributed by atoms with van der Waals surface area (Å²) in [6.07, 6.45) is 0. The lowest BCUT2D eigenvalue weighted by molar-refractivity contribution is 0.102. The highest BCUT2D eigenvalue weighted by Gasteiger charge is 2.12. The number of hydrogen-bond donors (Lipinski definition) is 2. The number of aryl methyl sites for hydroxylation is 1. The summed E-state index contributed by atoms with van der Waals surface area (Å²) in [6, 6.07) is 9.91. The van der Waals surface area contributed by atoms with E-state index in [0.29, 0.717) is 10.0 Å². The molecule has 0 saturated heterocycles. The fourth-order valence-electron chi connectivity index (χ4n) is 2.00. The van der Waals surface area contributed by atoms with E-state index in [2.05, 4.69) is 26.6 Å². The molecule has 0 fully saturated rings. The molecule has 0 bridgehead atoms. The van der Waals surface area contributed by atoms with Gasteiger partial charge in [-0.25, -0.2) is 4.39 Å². The van der Waals surface area contributed by atoms with Gasteiger partial charge in [0.2, 0.25) is 0 Å². The maximum Gasteiger partial charge on any atom is 0.255 e. The van der Waals surface area contributed by atoms with Crippen molar-refractivity contribution in [3.05, 3.63) is 57.8 Å². The van der Waals surface area contributed by atoms with Crippen molar-refractivity contribution in [1.82, 2.24) is 0 Å². The minimum Gasteiger partial charge on any atom is -0.385 e. The van der Waals surface area contributed by atoms with E-state index in [1.807, 2.05) is 19.9 Å². The molecule has 0 aliphatic carbocycles. The van der Waals surface area contributed by atoms with Gasteiger partial charge in [0.05, 0.1) is 5.69 Å². The topological polar surface area (TPSA) is 41.1 Å². The highest BCUT2D eigenvalue weighted by molar-refractivity contribution is 9.10. The average molecular weight is 351 g/mol. The van der Waals surface area contributed by atoms with Crippen LogP contribution in [-0.2, 0) is 0 Å². The van der Waals surface area contributed by atoms with Gasteiger partial charge in [-0.15, -0.1) is 0 Å². The summed E-state index contributed by atoms with van der Waals surface area (Å²) in [4.78, 5) is 12.2. The second-order valence-electron chi connectivity index (χ2n) is 4.61. The van der Waals surface area contributed by atoms with Gasteiger partial charge in [0.25, 0.3) is 5.91 Å². The van der Waals surface area contributed by atoms with E-state index in [0.717, 1.165) is 17.8 Å². The Bertz CT molecular complexity index is 653. The second-order valence-corrected chi connectivity index (χ2v) is 5.47. The smallest absolute Gasteiger partial charge is 0.255 e. The molecule has 0 unspecified atom stereocenters. The normalized spacial score (nSPS) is 10.3. The average Bonchev–Trinajstić information content (AvgIpc) is 2.45. The Balaban J connectivity index is 2.23. The van der Waals surface area contributed by atoms with Crippen molar-refractivity contribution in [3.8, 4) is 0 Å². The number of amides is 1. The first-order valence-electron chi connectivity index (χ1n) is 6.62. The number of nitrogens with one attached hydrogen (secondary N) is 2. The molecule has 110 valence electrons. The SMILES string of the molecule is CCNc1ccc(C(=O)Nc2c(F)cccc2Br)cc1C. The van der Waals surface area contributed by atoms with Gasteiger partial charge in [-0.3, -0.25) is 4.79 Å². The number of carbonyl (C=O) groups excluding carboxylic acids is 1. The number of rotatable bonds is 4. The van der Waals surface area contributed by atoms with E-state index in [9.17, 15) is 9.18 Å². The molecule has 0 saturated carbocycles. The zero-order valence-corrected chi connectivity index (χ0v) is 13.4. The summed E-state index contributed by atoms with van der Waals surface area (Å²) >= 11 is 3.23. The minimum absolute atomic E-state index is 0.149. The fraction of sp³-hybridized carbons (Fsp3) is 0.188. The Morgan fingerprint density at radius 1 is 1.29 bits per heavy atom. The van der Waals surface area contributed by atoms with Crippen molar-refractivity contribution in [3.63, 3.8) is 0 Å². The second kappa shape index (κ2) is 6.72. The van der Waals surface area contributed by atoms with Crippen molar-refractivity contribution in [2.24, 2.45) is 0 Å². The number of carbonyl (C=O) groups is 1. The van der Waals surface area contributed by atoms with Crippen molar-refractivity contribution in [2.45, 2.75) is 13.8 Å². The zero-order valence-electron chi connectivity index (χ0n) is 11.8. The van der Waals surface area contributed by atoms with Gasteiger partial charge in [0.15, 0.2) is 0 Å². The number of benzene rings is 2. The van der Waals surface area contributed by atoms with Crippen LogP contribution in [0.15, 0.2) is 40.9 Å². The van der Waals surface area contributed by atoms with Crippen molar-refractivity contribution in [1.29, 1.82) is 0 Å². The first kappa shape index (κ1) is 15.5. The Morgan fingerprint density at radius 2 is 2.05 bits per heavy atom. The monoisotopic (exact) mass is 350 g/mol. The lowest BCUT2D eigenvalue weighted by Crippen LogP contribution is -2.14. The molecule has 0 radical (unpaired) electrons. The molecule has 2 rings (SSSR count). The molecule has 5 heteroatoms. The van der Waals surface area contributed by atoms with Crippen molar-refractivity contribution in [2.75, 3.05) is 17.2 Å². The van der Waals surface area contributed by atoms with Crippen molar-refractivity contribution < 1.29 is 9.18 Å². The maximum atomic E-state index is 13.7. The predicted molar refractivity (Wildman–Crippen MR) is 87.4 cm³/mol. The molecule has 21 heavy (non-hydrogen) atoms. The van der Waals surface area contributed by atoms with E-state index in [1.165, 1.54) is 6.07 Å². The lowest BCUT2D eigenvalue weighted by Gasteiger charge is -2.11. The summed E-state index contributed by atoms with van der Waals surface area (Å²) in [5, 5.41) is 5.80. The van der Waals surface area contributed by atoms with Crippen LogP contribution in [0.1, 0.15) is 22.8 Å². The van der Waals surface area contributed by atoms with Gasteiger partial charge in [-0.05, 0) is 65.7 Å². The Morgan fingerprint density at radius 3 is 2.67 bits per heavy atom.